The molecule has 0 atom stereocenters. The number of anilines is 1. The molecule has 4 heteroatoms. The van der Waals surface area contributed by atoms with Gasteiger partial charge in [0.15, 0.2) is 6.61 Å². The standard InChI is InChI=1S/C21H26N2O2/c1-16-8-9-19(14-18(16)3)25-15-21(24)23-12-10-22(11-13-23)20-7-5-4-6-17(20)2/h4-9,14H,10-13,15H2,1-3H3. The molecule has 1 saturated heterocycles. The first kappa shape index (κ1) is 17.3. The molecule has 0 bridgehead atoms. The summed E-state index contributed by atoms with van der Waals surface area (Å²) in [5.74, 6) is 0.817. The first-order valence-corrected chi connectivity index (χ1v) is 8.83. The van der Waals surface area contributed by atoms with Gasteiger partial charge in [0.2, 0.25) is 0 Å². The summed E-state index contributed by atoms with van der Waals surface area (Å²) < 4.78 is 5.68. The lowest BCUT2D eigenvalue weighted by Crippen LogP contribution is -2.50. The Morgan fingerprint density at radius 3 is 2.32 bits per heavy atom. The van der Waals surface area contributed by atoms with Crippen LogP contribution in [0.2, 0.25) is 0 Å². The van der Waals surface area contributed by atoms with E-state index in [1.165, 1.54) is 22.4 Å². The Kier molecular flexibility index (Phi) is 5.27. The maximum absolute atomic E-state index is 12.4. The molecule has 1 heterocycles. The van der Waals surface area contributed by atoms with Crippen LogP contribution >= 0.6 is 0 Å². The van der Waals surface area contributed by atoms with Crippen molar-refractivity contribution in [1.29, 1.82) is 0 Å². The quantitative estimate of drug-likeness (QED) is 0.857. The Hall–Kier alpha value is -2.49. The van der Waals surface area contributed by atoms with E-state index in [0.29, 0.717) is 0 Å². The number of hydrogen-bond acceptors (Lipinski definition) is 3. The molecule has 0 saturated carbocycles. The molecule has 25 heavy (non-hydrogen) atoms. The van der Waals surface area contributed by atoms with E-state index in [2.05, 4.69) is 49.9 Å². The summed E-state index contributed by atoms with van der Waals surface area (Å²) in [7, 11) is 0. The van der Waals surface area contributed by atoms with Crippen molar-refractivity contribution < 1.29 is 9.53 Å². The molecule has 1 aliphatic rings. The van der Waals surface area contributed by atoms with Crippen LogP contribution in [0.3, 0.4) is 0 Å². The minimum atomic E-state index is 0.0580. The molecule has 2 aromatic carbocycles. The van der Waals surface area contributed by atoms with Crippen molar-refractivity contribution in [2.75, 3.05) is 37.7 Å². The summed E-state index contributed by atoms with van der Waals surface area (Å²) in [4.78, 5) is 16.7. The van der Waals surface area contributed by atoms with Crippen molar-refractivity contribution in [1.82, 2.24) is 4.90 Å². The third kappa shape index (κ3) is 4.13. The van der Waals surface area contributed by atoms with Crippen LogP contribution in [0.15, 0.2) is 42.5 Å². The summed E-state index contributed by atoms with van der Waals surface area (Å²) in [5, 5.41) is 0. The third-order valence-corrected chi connectivity index (χ3v) is 4.93. The molecule has 0 aromatic heterocycles. The lowest BCUT2D eigenvalue weighted by atomic mass is 10.1. The number of carbonyl (C=O) groups excluding carboxylic acids is 1. The Balaban J connectivity index is 1.51. The van der Waals surface area contributed by atoms with Gasteiger partial charge in [-0.25, -0.2) is 0 Å². The van der Waals surface area contributed by atoms with E-state index in [1.54, 1.807) is 0 Å². The molecule has 0 aliphatic carbocycles. The third-order valence-electron chi connectivity index (χ3n) is 4.93. The fourth-order valence-electron chi connectivity index (χ4n) is 3.16. The molecule has 3 rings (SSSR count). The monoisotopic (exact) mass is 338 g/mol. The van der Waals surface area contributed by atoms with E-state index < -0.39 is 0 Å². The van der Waals surface area contributed by atoms with Gasteiger partial charge in [0, 0.05) is 31.9 Å². The number of benzene rings is 2. The zero-order chi connectivity index (χ0) is 17.8. The Morgan fingerprint density at radius 2 is 1.64 bits per heavy atom. The van der Waals surface area contributed by atoms with Crippen LogP contribution in [-0.2, 0) is 4.79 Å². The Labute approximate surface area is 150 Å². The van der Waals surface area contributed by atoms with E-state index in [1.807, 2.05) is 23.1 Å². The topological polar surface area (TPSA) is 32.8 Å². The number of rotatable bonds is 4. The van der Waals surface area contributed by atoms with Crippen molar-refractivity contribution in [2.24, 2.45) is 0 Å². The van der Waals surface area contributed by atoms with Crippen LogP contribution in [0.4, 0.5) is 5.69 Å². The van der Waals surface area contributed by atoms with Crippen LogP contribution in [0.5, 0.6) is 5.75 Å². The predicted octanol–water partition coefficient (Wildman–Crippen LogP) is 3.34. The van der Waals surface area contributed by atoms with E-state index >= 15 is 0 Å². The molecule has 1 fully saturated rings. The number of aryl methyl sites for hydroxylation is 3. The second kappa shape index (κ2) is 7.60. The highest BCUT2D eigenvalue weighted by molar-refractivity contribution is 5.78. The number of nitrogens with zero attached hydrogens (tertiary/aromatic N) is 2. The normalized spacial score (nSPS) is 14.5. The van der Waals surface area contributed by atoms with Gasteiger partial charge in [0.05, 0.1) is 0 Å². The van der Waals surface area contributed by atoms with Crippen LogP contribution in [0.25, 0.3) is 0 Å². The number of piperazine rings is 1. The highest BCUT2D eigenvalue weighted by atomic mass is 16.5. The molecule has 1 aliphatic heterocycles. The fraction of sp³-hybridized carbons (Fsp3) is 0.381. The first-order chi connectivity index (χ1) is 12.0. The average molecular weight is 338 g/mol. The van der Waals surface area contributed by atoms with Gasteiger partial charge in [-0.2, -0.15) is 0 Å². The van der Waals surface area contributed by atoms with Gasteiger partial charge in [-0.15, -0.1) is 0 Å². The van der Waals surface area contributed by atoms with Crippen LogP contribution in [0.1, 0.15) is 16.7 Å². The van der Waals surface area contributed by atoms with Gasteiger partial charge >= 0.3 is 0 Å². The molecule has 0 unspecified atom stereocenters. The summed E-state index contributed by atoms with van der Waals surface area (Å²) in [5.41, 5.74) is 4.95. The highest BCUT2D eigenvalue weighted by Crippen LogP contribution is 2.21. The van der Waals surface area contributed by atoms with E-state index in [-0.39, 0.29) is 12.5 Å². The molecule has 0 spiro atoms. The smallest absolute Gasteiger partial charge is 0.260 e. The van der Waals surface area contributed by atoms with Crippen LogP contribution in [-0.4, -0.2) is 43.6 Å². The molecule has 4 nitrogen and oxygen atoms in total. The first-order valence-electron chi connectivity index (χ1n) is 8.83. The van der Waals surface area contributed by atoms with Gasteiger partial charge < -0.3 is 14.5 Å². The highest BCUT2D eigenvalue weighted by Gasteiger charge is 2.22. The molecule has 2 aromatic rings. The van der Waals surface area contributed by atoms with Crippen molar-refractivity contribution in [3.63, 3.8) is 0 Å². The molecular weight excluding hydrogens is 312 g/mol. The van der Waals surface area contributed by atoms with Crippen molar-refractivity contribution in [2.45, 2.75) is 20.8 Å². The fourth-order valence-corrected chi connectivity index (χ4v) is 3.16. The second-order valence-electron chi connectivity index (χ2n) is 6.69. The van der Waals surface area contributed by atoms with Crippen molar-refractivity contribution >= 4 is 11.6 Å². The van der Waals surface area contributed by atoms with Gasteiger partial charge in [0.25, 0.3) is 5.91 Å². The SMILES string of the molecule is Cc1ccc(OCC(=O)N2CCN(c3ccccc3C)CC2)cc1C. The zero-order valence-corrected chi connectivity index (χ0v) is 15.3. The second-order valence-corrected chi connectivity index (χ2v) is 6.69. The molecular formula is C21H26N2O2. The lowest BCUT2D eigenvalue weighted by Gasteiger charge is -2.36. The summed E-state index contributed by atoms with van der Waals surface area (Å²) >= 11 is 0. The zero-order valence-electron chi connectivity index (χ0n) is 15.3. The molecule has 0 N–H and O–H groups in total. The molecule has 0 radical (unpaired) electrons. The van der Waals surface area contributed by atoms with Crippen LogP contribution in [0, 0.1) is 20.8 Å². The number of para-hydroxylation sites is 1. The minimum Gasteiger partial charge on any atom is -0.484 e. The lowest BCUT2D eigenvalue weighted by molar-refractivity contribution is -0.133. The maximum atomic E-state index is 12.4. The van der Waals surface area contributed by atoms with Crippen molar-refractivity contribution in [3.8, 4) is 5.75 Å². The van der Waals surface area contributed by atoms with Gasteiger partial charge in [-0.1, -0.05) is 24.3 Å². The van der Waals surface area contributed by atoms with E-state index in [4.69, 9.17) is 4.74 Å². The van der Waals surface area contributed by atoms with E-state index in [0.717, 1.165) is 31.9 Å². The maximum Gasteiger partial charge on any atom is 0.260 e. The number of amides is 1. The Bertz CT molecular complexity index is 749. The minimum absolute atomic E-state index is 0.0580. The molecule has 1 amide bonds. The van der Waals surface area contributed by atoms with E-state index in [9.17, 15) is 4.79 Å². The largest absolute Gasteiger partial charge is 0.484 e. The molecule has 132 valence electrons. The number of hydrogen-bond donors (Lipinski definition) is 0. The van der Waals surface area contributed by atoms with Crippen molar-refractivity contribution in [3.05, 3.63) is 59.2 Å². The van der Waals surface area contributed by atoms with Gasteiger partial charge in [-0.05, 0) is 55.7 Å². The average Bonchev–Trinajstić information content (AvgIpc) is 2.63. The number of carbonyl (C=O) groups is 1. The Morgan fingerprint density at radius 1 is 0.920 bits per heavy atom. The predicted molar refractivity (Wildman–Crippen MR) is 101 cm³/mol. The summed E-state index contributed by atoms with van der Waals surface area (Å²) in [6.45, 7) is 9.55. The summed E-state index contributed by atoms with van der Waals surface area (Å²) in [6.07, 6.45) is 0. The summed E-state index contributed by atoms with van der Waals surface area (Å²) in [6, 6.07) is 14.3. The van der Waals surface area contributed by atoms with Gasteiger partial charge in [-0.3, -0.25) is 4.79 Å². The number of ether oxygens (including phenoxy) is 1. The van der Waals surface area contributed by atoms with Crippen LogP contribution < -0.4 is 9.64 Å². The van der Waals surface area contributed by atoms with Gasteiger partial charge in [0.1, 0.15) is 5.75 Å².